The molecule has 6 nitrogen and oxygen atoms in total. The minimum absolute atomic E-state index is 0.0909. The van der Waals surface area contributed by atoms with E-state index in [1.807, 2.05) is 0 Å². The minimum atomic E-state index is -4.68. The second kappa shape index (κ2) is 7.40. The molecule has 0 spiro atoms. The van der Waals surface area contributed by atoms with E-state index in [0.717, 1.165) is 11.0 Å². The van der Waals surface area contributed by atoms with Gasteiger partial charge in [-0.15, -0.1) is 0 Å². The zero-order chi connectivity index (χ0) is 21.4. The smallest absolute Gasteiger partial charge is 0.421 e. The summed E-state index contributed by atoms with van der Waals surface area (Å²) in [5.41, 5.74) is 5.15. The number of anilines is 2. The van der Waals surface area contributed by atoms with Crippen LogP contribution >= 0.6 is 0 Å². The molecule has 0 bridgehead atoms. The third-order valence-electron chi connectivity index (χ3n) is 4.04. The molecule has 0 atom stereocenters. The summed E-state index contributed by atoms with van der Waals surface area (Å²) in [5.74, 6) is -0.0909. The Balaban J connectivity index is 2.22. The highest BCUT2D eigenvalue weighted by Crippen LogP contribution is 2.39. The van der Waals surface area contributed by atoms with Gasteiger partial charge in [0.2, 0.25) is 5.95 Å². The number of halogens is 3. The fourth-order valence-electron chi connectivity index (χ4n) is 2.86. The van der Waals surface area contributed by atoms with Crippen LogP contribution in [0.4, 0.5) is 29.6 Å². The van der Waals surface area contributed by atoms with E-state index in [4.69, 9.17) is 10.5 Å². The number of nitrogens with two attached hydrogens (primary N) is 1. The van der Waals surface area contributed by atoms with Crippen LogP contribution in [0, 0.1) is 0 Å². The van der Waals surface area contributed by atoms with Gasteiger partial charge in [0.05, 0.1) is 22.3 Å². The monoisotopic (exact) mass is 406 g/mol. The van der Waals surface area contributed by atoms with Crippen LogP contribution in [0.3, 0.4) is 0 Å². The third kappa shape index (κ3) is 4.34. The van der Waals surface area contributed by atoms with Crippen LogP contribution in [0.15, 0.2) is 42.5 Å². The molecule has 1 amide bonds. The van der Waals surface area contributed by atoms with Crippen molar-refractivity contribution in [2.24, 2.45) is 5.73 Å². The van der Waals surface area contributed by atoms with E-state index in [-0.39, 0.29) is 18.2 Å². The van der Waals surface area contributed by atoms with E-state index in [9.17, 15) is 18.0 Å². The molecule has 154 valence electrons. The Hall–Kier alpha value is -3.07. The van der Waals surface area contributed by atoms with Gasteiger partial charge in [-0.05, 0) is 44.5 Å². The first-order valence-electron chi connectivity index (χ1n) is 8.88. The number of imidazole rings is 1. The first-order chi connectivity index (χ1) is 13.5. The molecule has 0 aliphatic heterocycles. The molecule has 0 aliphatic rings. The topological polar surface area (TPSA) is 84.2 Å². The molecule has 0 unspecified atom stereocenters. The number of benzene rings is 2. The highest BCUT2D eigenvalue weighted by Gasteiger charge is 2.38. The zero-order valence-electron chi connectivity index (χ0n) is 16.2. The largest absolute Gasteiger partial charge is 0.443 e. The standard InChI is InChI=1S/C20H21F3N4O2/c1-19(2,3)29-18(28)27(15-10-5-4-8-13(15)20(21,22)23)17-25-14-9-6-7-12(11-24)16(14)26-17/h4-10H,11,24H2,1-3H3,(H,25,26). The van der Waals surface area contributed by atoms with E-state index in [2.05, 4.69) is 9.97 Å². The number of hydrogen-bond acceptors (Lipinski definition) is 4. The number of aromatic amines is 1. The lowest BCUT2D eigenvalue weighted by atomic mass is 10.1. The Morgan fingerprint density at radius 1 is 1.14 bits per heavy atom. The number of para-hydroxylation sites is 2. The number of carbonyl (C=O) groups is 1. The van der Waals surface area contributed by atoms with Crippen molar-refractivity contribution in [2.75, 3.05) is 4.90 Å². The quantitative estimate of drug-likeness (QED) is 0.633. The number of hydrogen-bond donors (Lipinski definition) is 2. The summed E-state index contributed by atoms with van der Waals surface area (Å²) >= 11 is 0. The van der Waals surface area contributed by atoms with Crippen molar-refractivity contribution in [1.29, 1.82) is 0 Å². The molecule has 3 aromatic rings. The van der Waals surface area contributed by atoms with E-state index < -0.39 is 23.4 Å². The summed E-state index contributed by atoms with van der Waals surface area (Å²) in [6.07, 6.45) is -5.66. The summed E-state index contributed by atoms with van der Waals surface area (Å²) in [6.45, 7) is 5.07. The van der Waals surface area contributed by atoms with Gasteiger partial charge in [0.1, 0.15) is 5.60 Å². The van der Waals surface area contributed by atoms with E-state index in [0.29, 0.717) is 16.6 Å². The zero-order valence-corrected chi connectivity index (χ0v) is 16.2. The molecule has 2 aromatic carbocycles. The Labute approximate surface area is 165 Å². The maximum Gasteiger partial charge on any atom is 0.421 e. The number of nitrogens with one attached hydrogen (secondary N) is 1. The summed E-state index contributed by atoms with van der Waals surface area (Å²) in [7, 11) is 0. The van der Waals surface area contributed by atoms with Crippen LogP contribution in [0.2, 0.25) is 0 Å². The molecule has 1 aromatic heterocycles. The van der Waals surface area contributed by atoms with Crippen molar-refractivity contribution < 1.29 is 22.7 Å². The molecule has 1 heterocycles. The fraction of sp³-hybridized carbons (Fsp3) is 0.300. The van der Waals surface area contributed by atoms with Crippen molar-refractivity contribution in [2.45, 2.75) is 39.1 Å². The average molecular weight is 406 g/mol. The average Bonchev–Trinajstić information content (AvgIpc) is 3.03. The van der Waals surface area contributed by atoms with Crippen LogP contribution in [-0.4, -0.2) is 21.7 Å². The van der Waals surface area contributed by atoms with Gasteiger partial charge in [0, 0.05) is 6.54 Å². The van der Waals surface area contributed by atoms with Gasteiger partial charge >= 0.3 is 12.3 Å². The first kappa shape index (κ1) is 20.7. The Kier molecular flexibility index (Phi) is 5.27. The van der Waals surface area contributed by atoms with Crippen LogP contribution in [0.1, 0.15) is 31.9 Å². The molecule has 29 heavy (non-hydrogen) atoms. The van der Waals surface area contributed by atoms with Crippen molar-refractivity contribution >= 4 is 28.8 Å². The predicted molar refractivity (Wildman–Crippen MR) is 104 cm³/mol. The second-order valence-electron chi connectivity index (χ2n) is 7.41. The Bertz CT molecular complexity index is 1040. The van der Waals surface area contributed by atoms with Crippen LogP contribution in [0.25, 0.3) is 11.0 Å². The lowest BCUT2D eigenvalue weighted by Gasteiger charge is -2.27. The highest BCUT2D eigenvalue weighted by molar-refractivity contribution is 5.97. The highest BCUT2D eigenvalue weighted by atomic mass is 19.4. The van der Waals surface area contributed by atoms with Crippen LogP contribution < -0.4 is 10.6 Å². The second-order valence-corrected chi connectivity index (χ2v) is 7.41. The molecular weight excluding hydrogens is 385 g/mol. The maximum atomic E-state index is 13.6. The van der Waals surface area contributed by atoms with E-state index in [1.165, 1.54) is 18.2 Å². The number of carbonyl (C=O) groups excluding carboxylic acids is 1. The summed E-state index contributed by atoms with van der Waals surface area (Å²) < 4.78 is 46.2. The molecule has 3 N–H and O–H groups in total. The third-order valence-corrected chi connectivity index (χ3v) is 4.04. The maximum absolute atomic E-state index is 13.6. The van der Waals surface area contributed by atoms with Gasteiger partial charge in [-0.3, -0.25) is 0 Å². The van der Waals surface area contributed by atoms with Gasteiger partial charge in [0.25, 0.3) is 0 Å². The summed E-state index contributed by atoms with van der Waals surface area (Å²) in [4.78, 5) is 21.0. The van der Waals surface area contributed by atoms with Gasteiger partial charge in [0.15, 0.2) is 0 Å². The molecule has 0 aliphatic carbocycles. The number of ether oxygens (including phenoxy) is 1. The summed E-state index contributed by atoms with van der Waals surface area (Å²) in [5, 5.41) is 0. The molecule has 0 saturated heterocycles. The van der Waals surface area contributed by atoms with Gasteiger partial charge in [-0.25, -0.2) is 14.7 Å². The van der Waals surface area contributed by atoms with Crippen molar-refractivity contribution in [1.82, 2.24) is 9.97 Å². The number of aromatic nitrogens is 2. The van der Waals surface area contributed by atoms with Crippen LogP contribution in [0.5, 0.6) is 0 Å². The van der Waals surface area contributed by atoms with E-state index >= 15 is 0 Å². The lowest BCUT2D eigenvalue weighted by Crippen LogP contribution is -2.35. The number of alkyl halides is 3. The number of fused-ring (bicyclic) bond motifs is 1. The number of rotatable bonds is 3. The molecule has 9 heteroatoms. The lowest BCUT2D eigenvalue weighted by molar-refractivity contribution is -0.137. The Morgan fingerprint density at radius 2 is 1.83 bits per heavy atom. The Morgan fingerprint density at radius 3 is 2.45 bits per heavy atom. The van der Waals surface area contributed by atoms with Crippen molar-refractivity contribution in [3.05, 3.63) is 53.6 Å². The van der Waals surface area contributed by atoms with Gasteiger partial charge in [-0.1, -0.05) is 24.3 Å². The normalized spacial score (nSPS) is 12.2. The molecule has 3 rings (SSSR count). The predicted octanol–water partition coefficient (Wildman–Crippen LogP) is 5.11. The SMILES string of the molecule is CC(C)(C)OC(=O)N(c1nc2c(CN)cccc2[nH]1)c1ccccc1C(F)(F)F. The molecular formula is C20H21F3N4O2. The van der Waals surface area contributed by atoms with Gasteiger partial charge < -0.3 is 15.5 Å². The molecule has 0 radical (unpaired) electrons. The number of nitrogens with zero attached hydrogens (tertiary/aromatic N) is 2. The molecule has 0 saturated carbocycles. The molecule has 0 fully saturated rings. The minimum Gasteiger partial charge on any atom is -0.443 e. The fourth-order valence-corrected chi connectivity index (χ4v) is 2.86. The first-order valence-corrected chi connectivity index (χ1v) is 8.88. The number of H-pyrrole nitrogens is 1. The van der Waals surface area contributed by atoms with Crippen molar-refractivity contribution in [3.63, 3.8) is 0 Å². The van der Waals surface area contributed by atoms with Crippen LogP contribution in [-0.2, 0) is 17.5 Å². The van der Waals surface area contributed by atoms with Crippen molar-refractivity contribution in [3.8, 4) is 0 Å². The number of amides is 1. The summed E-state index contributed by atoms with van der Waals surface area (Å²) in [6, 6.07) is 9.97. The van der Waals surface area contributed by atoms with Gasteiger partial charge in [-0.2, -0.15) is 13.2 Å². The van der Waals surface area contributed by atoms with E-state index in [1.54, 1.807) is 39.0 Å².